The van der Waals surface area contributed by atoms with Gasteiger partial charge in [0.25, 0.3) is 0 Å². The normalized spacial score (nSPS) is 34.8. The van der Waals surface area contributed by atoms with Gasteiger partial charge in [-0.15, -0.1) is 0 Å². The Kier molecular flexibility index (Phi) is 13.3. The van der Waals surface area contributed by atoms with E-state index in [0.717, 1.165) is 12.8 Å². The van der Waals surface area contributed by atoms with E-state index in [1.807, 2.05) is 41.5 Å². The first kappa shape index (κ1) is 20.2. The molecule has 112 valence electrons. The number of methoxy groups -OCH3 is 1. The Labute approximate surface area is 112 Å². The molecule has 0 aromatic heterocycles. The van der Waals surface area contributed by atoms with Crippen molar-refractivity contribution in [1.82, 2.24) is 0 Å². The predicted molar refractivity (Wildman–Crippen MR) is 74.5 cm³/mol. The van der Waals surface area contributed by atoms with Gasteiger partial charge in [0.15, 0.2) is 6.29 Å². The summed E-state index contributed by atoms with van der Waals surface area (Å²) in [7, 11) is 1.55. The summed E-state index contributed by atoms with van der Waals surface area (Å²) in [4.78, 5) is 0. The van der Waals surface area contributed by atoms with Crippen LogP contribution < -0.4 is 0 Å². The highest BCUT2D eigenvalue weighted by Gasteiger charge is 2.41. The zero-order chi connectivity index (χ0) is 14.7. The summed E-state index contributed by atoms with van der Waals surface area (Å²) in [5.41, 5.74) is 0. The van der Waals surface area contributed by atoms with Gasteiger partial charge in [0, 0.05) is 13.0 Å². The van der Waals surface area contributed by atoms with Crippen LogP contribution in [-0.2, 0) is 9.47 Å². The number of rotatable bonds is 3. The van der Waals surface area contributed by atoms with Crippen molar-refractivity contribution < 1.29 is 19.7 Å². The maximum atomic E-state index is 9.73. The number of aliphatic hydroxyl groups is 2. The SMILES string of the molecule is CC.CC.CCCC1OC(OC)C(C)C(O)C1O. The van der Waals surface area contributed by atoms with E-state index in [0.29, 0.717) is 0 Å². The molecule has 2 N–H and O–H groups in total. The van der Waals surface area contributed by atoms with Crippen molar-refractivity contribution in [3.8, 4) is 0 Å². The molecule has 0 aromatic carbocycles. The average molecular weight is 264 g/mol. The van der Waals surface area contributed by atoms with E-state index in [9.17, 15) is 10.2 Å². The minimum Gasteiger partial charge on any atom is -0.390 e. The summed E-state index contributed by atoms with van der Waals surface area (Å²) in [6, 6.07) is 0. The van der Waals surface area contributed by atoms with Gasteiger partial charge in [-0.2, -0.15) is 0 Å². The molecule has 1 heterocycles. The maximum absolute atomic E-state index is 9.73. The second-order valence-electron chi connectivity index (χ2n) is 3.91. The molecule has 1 saturated heterocycles. The molecule has 0 spiro atoms. The molecule has 1 fully saturated rings. The van der Waals surface area contributed by atoms with Gasteiger partial charge in [-0.25, -0.2) is 0 Å². The summed E-state index contributed by atoms with van der Waals surface area (Å²) in [6.07, 6.45) is -0.618. The van der Waals surface area contributed by atoms with Gasteiger partial charge in [0.2, 0.25) is 0 Å². The van der Waals surface area contributed by atoms with Crippen LogP contribution in [0.4, 0.5) is 0 Å². The largest absolute Gasteiger partial charge is 0.390 e. The third-order valence-electron chi connectivity index (χ3n) is 2.81. The quantitative estimate of drug-likeness (QED) is 0.822. The van der Waals surface area contributed by atoms with Crippen molar-refractivity contribution in [2.45, 2.75) is 79.0 Å². The zero-order valence-electron chi connectivity index (χ0n) is 13.0. The van der Waals surface area contributed by atoms with Crippen LogP contribution in [0.15, 0.2) is 0 Å². The van der Waals surface area contributed by atoms with Gasteiger partial charge in [-0.3, -0.25) is 0 Å². The molecule has 4 heteroatoms. The highest BCUT2D eigenvalue weighted by atomic mass is 16.7. The second-order valence-corrected chi connectivity index (χ2v) is 3.91. The molecule has 1 aliphatic heterocycles. The van der Waals surface area contributed by atoms with E-state index in [-0.39, 0.29) is 12.0 Å². The van der Waals surface area contributed by atoms with Crippen LogP contribution in [0.1, 0.15) is 54.4 Å². The van der Waals surface area contributed by atoms with Crippen LogP contribution in [0.2, 0.25) is 0 Å². The lowest BCUT2D eigenvalue weighted by molar-refractivity contribution is -0.270. The third-order valence-corrected chi connectivity index (χ3v) is 2.81. The predicted octanol–water partition coefficient (Wildman–Crippen LogP) is 2.57. The van der Waals surface area contributed by atoms with Gasteiger partial charge in [0.05, 0.1) is 12.2 Å². The van der Waals surface area contributed by atoms with Gasteiger partial charge in [-0.1, -0.05) is 48.0 Å². The maximum Gasteiger partial charge on any atom is 0.162 e. The van der Waals surface area contributed by atoms with Crippen LogP contribution in [-0.4, -0.2) is 41.9 Å². The van der Waals surface area contributed by atoms with Crippen molar-refractivity contribution in [2.75, 3.05) is 7.11 Å². The minimum absolute atomic E-state index is 0.192. The van der Waals surface area contributed by atoms with Gasteiger partial charge in [-0.05, 0) is 6.42 Å². The van der Waals surface area contributed by atoms with E-state index in [1.54, 1.807) is 7.11 Å². The lowest BCUT2D eigenvalue weighted by Gasteiger charge is -2.40. The van der Waals surface area contributed by atoms with Gasteiger partial charge >= 0.3 is 0 Å². The summed E-state index contributed by atoms with van der Waals surface area (Å²) in [5, 5.41) is 19.5. The first-order valence-corrected chi connectivity index (χ1v) is 7.16. The van der Waals surface area contributed by atoms with E-state index >= 15 is 0 Å². The number of aliphatic hydroxyl groups excluding tert-OH is 2. The first-order chi connectivity index (χ1) is 8.61. The Morgan fingerprint density at radius 1 is 1.06 bits per heavy atom. The number of ether oxygens (including phenoxy) is 2. The summed E-state index contributed by atoms with van der Waals surface area (Å²) in [6.45, 7) is 11.8. The fourth-order valence-corrected chi connectivity index (χ4v) is 1.86. The van der Waals surface area contributed by atoms with E-state index in [1.165, 1.54) is 0 Å². The molecule has 0 amide bonds. The van der Waals surface area contributed by atoms with Crippen molar-refractivity contribution >= 4 is 0 Å². The topological polar surface area (TPSA) is 58.9 Å². The van der Waals surface area contributed by atoms with Crippen LogP contribution in [0, 0.1) is 5.92 Å². The van der Waals surface area contributed by atoms with Gasteiger partial charge in [0.1, 0.15) is 6.10 Å². The Bertz CT molecular complexity index is 171. The van der Waals surface area contributed by atoms with Crippen LogP contribution in [0.3, 0.4) is 0 Å². The van der Waals surface area contributed by atoms with Crippen molar-refractivity contribution in [3.05, 3.63) is 0 Å². The Hall–Kier alpha value is -0.160. The van der Waals surface area contributed by atoms with Crippen LogP contribution in [0.25, 0.3) is 0 Å². The monoisotopic (exact) mass is 264 g/mol. The molecule has 1 aliphatic rings. The average Bonchev–Trinajstić information content (AvgIpc) is 2.44. The fraction of sp³-hybridized carbons (Fsp3) is 1.00. The number of hydrogen-bond donors (Lipinski definition) is 2. The summed E-state index contributed by atoms with van der Waals surface area (Å²) < 4.78 is 10.6. The molecular weight excluding hydrogens is 232 g/mol. The van der Waals surface area contributed by atoms with E-state index < -0.39 is 18.5 Å². The Morgan fingerprint density at radius 2 is 1.56 bits per heavy atom. The lowest BCUT2D eigenvalue weighted by atomic mass is 9.90. The van der Waals surface area contributed by atoms with Crippen molar-refractivity contribution in [2.24, 2.45) is 5.92 Å². The molecule has 18 heavy (non-hydrogen) atoms. The molecule has 0 aliphatic carbocycles. The highest BCUT2D eigenvalue weighted by molar-refractivity contribution is 4.86. The first-order valence-electron chi connectivity index (χ1n) is 7.16. The zero-order valence-corrected chi connectivity index (χ0v) is 13.0. The van der Waals surface area contributed by atoms with Gasteiger partial charge < -0.3 is 19.7 Å². The highest BCUT2D eigenvalue weighted by Crippen LogP contribution is 2.28. The summed E-state index contributed by atoms with van der Waals surface area (Å²) >= 11 is 0. The molecule has 4 nitrogen and oxygen atoms in total. The molecule has 5 unspecified atom stereocenters. The second kappa shape index (κ2) is 11.9. The molecular formula is C14H32O4. The molecule has 0 saturated carbocycles. The Balaban J connectivity index is 0. The molecule has 1 rings (SSSR count). The van der Waals surface area contributed by atoms with Crippen LogP contribution in [0.5, 0.6) is 0 Å². The summed E-state index contributed by atoms with van der Waals surface area (Å²) in [5.74, 6) is -0.192. The number of hydrogen-bond acceptors (Lipinski definition) is 4. The molecule has 0 bridgehead atoms. The van der Waals surface area contributed by atoms with E-state index in [2.05, 4.69) is 0 Å². The molecule has 0 radical (unpaired) electrons. The third kappa shape index (κ3) is 5.65. The minimum atomic E-state index is -0.795. The fourth-order valence-electron chi connectivity index (χ4n) is 1.86. The lowest BCUT2D eigenvalue weighted by Crippen LogP contribution is -2.53. The van der Waals surface area contributed by atoms with Crippen molar-refractivity contribution in [3.63, 3.8) is 0 Å². The van der Waals surface area contributed by atoms with Crippen molar-refractivity contribution in [1.29, 1.82) is 0 Å². The smallest absolute Gasteiger partial charge is 0.162 e. The molecule has 5 atom stereocenters. The molecule has 0 aromatic rings. The van der Waals surface area contributed by atoms with Crippen LogP contribution >= 0.6 is 0 Å². The standard InChI is InChI=1S/C10H20O4.2C2H6/c1-4-5-7-9(12)8(11)6(2)10(13-3)14-7;2*1-2/h6-12H,4-5H2,1-3H3;2*1-2H3. The van der Waals surface area contributed by atoms with E-state index in [4.69, 9.17) is 9.47 Å². The Morgan fingerprint density at radius 3 is 1.94 bits per heavy atom.